The Hall–Kier alpha value is -1.83. The van der Waals surface area contributed by atoms with Crippen molar-refractivity contribution in [2.24, 2.45) is 5.92 Å². The third-order valence-corrected chi connectivity index (χ3v) is 6.13. The van der Waals surface area contributed by atoms with Gasteiger partial charge in [-0.15, -0.1) is 11.8 Å². The lowest BCUT2D eigenvalue weighted by Crippen LogP contribution is -2.35. The molecule has 2 aromatic rings. The van der Waals surface area contributed by atoms with Crippen LogP contribution in [0.15, 0.2) is 64.4 Å². The van der Waals surface area contributed by atoms with Crippen molar-refractivity contribution in [2.75, 3.05) is 12.9 Å². The van der Waals surface area contributed by atoms with Crippen LogP contribution in [-0.2, 0) is 19.6 Å². The quantitative estimate of drug-likeness (QED) is 0.502. The number of rotatable bonds is 9. The van der Waals surface area contributed by atoms with Crippen LogP contribution in [-0.4, -0.2) is 27.2 Å². The zero-order chi connectivity index (χ0) is 19.9. The van der Waals surface area contributed by atoms with Crippen LogP contribution in [0, 0.1) is 5.92 Å². The van der Waals surface area contributed by atoms with Crippen LogP contribution >= 0.6 is 11.8 Å². The standard InChI is InChI=1S/C20H25NO4S2/c1-15(2)13-14-25-20(22)19(16-7-5-4-6-8-16)21-27(23,24)18-11-9-17(26-3)10-12-18/h4-12,15,19,21H,13-14H2,1-3H3/t19-/m1/s1. The van der Waals surface area contributed by atoms with E-state index < -0.39 is 22.0 Å². The molecule has 1 atom stereocenters. The van der Waals surface area contributed by atoms with Crippen LogP contribution in [0.25, 0.3) is 0 Å². The summed E-state index contributed by atoms with van der Waals surface area (Å²) in [5.41, 5.74) is 0.538. The molecule has 0 radical (unpaired) electrons. The molecule has 0 spiro atoms. The zero-order valence-corrected chi connectivity index (χ0v) is 17.3. The summed E-state index contributed by atoms with van der Waals surface area (Å²) in [5, 5.41) is 0. The van der Waals surface area contributed by atoms with Crippen molar-refractivity contribution in [3.63, 3.8) is 0 Å². The summed E-state index contributed by atoms with van der Waals surface area (Å²) in [5.74, 6) is -0.217. The summed E-state index contributed by atoms with van der Waals surface area (Å²) in [6.45, 7) is 4.32. The molecule has 27 heavy (non-hydrogen) atoms. The summed E-state index contributed by atoms with van der Waals surface area (Å²) in [4.78, 5) is 13.6. The Bertz CT molecular complexity index is 834. The fourth-order valence-electron chi connectivity index (χ4n) is 2.35. The van der Waals surface area contributed by atoms with Crippen LogP contribution < -0.4 is 4.72 Å². The fourth-order valence-corrected chi connectivity index (χ4v) is 3.94. The highest BCUT2D eigenvalue weighted by Crippen LogP contribution is 2.21. The second-order valence-corrected chi connectivity index (χ2v) is 9.08. The van der Waals surface area contributed by atoms with Gasteiger partial charge in [0.2, 0.25) is 10.0 Å². The summed E-state index contributed by atoms with van der Waals surface area (Å²) < 4.78 is 33.4. The van der Waals surface area contributed by atoms with E-state index in [0.29, 0.717) is 11.5 Å². The topological polar surface area (TPSA) is 72.5 Å². The molecule has 2 rings (SSSR count). The molecule has 0 heterocycles. The average molecular weight is 408 g/mol. The maximum absolute atomic E-state index is 12.8. The Labute approximate surface area is 165 Å². The molecule has 0 saturated heterocycles. The number of hydrogen-bond donors (Lipinski definition) is 1. The van der Waals surface area contributed by atoms with Crippen LogP contribution in [0.5, 0.6) is 0 Å². The van der Waals surface area contributed by atoms with Crippen molar-refractivity contribution >= 4 is 27.8 Å². The van der Waals surface area contributed by atoms with Gasteiger partial charge in [-0.1, -0.05) is 44.2 Å². The Balaban J connectivity index is 2.23. The van der Waals surface area contributed by atoms with Gasteiger partial charge >= 0.3 is 5.97 Å². The van der Waals surface area contributed by atoms with E-state index >= 15 is 0 Å². The maximum Gasteiger partial charge on any atom is 0.328 e. The average Bonchev–Trinajstić information content (AvgIpc) is 2.66. The minimum absolute atomic E-state index is 0.108. The normalized spacial score (nSPS) is 12.7. The van der Waals surface area contributed by atoms with E-state index in [2.05, 4.69) is 4.72 Å². The summed E-state index contributed by atoms with van der Waals surface area (Å²) in [6.07, 6.45) is 2.64. The monoisotopic (exact) mass is 407 g/mol. The number of nitrogens with one attached hydrogen (secondary N) is 1. The van der Waals surface area contributed by atoms with Gasteiger partial charge in [0.05, 0.1) is 11.5 Å². The molecule has 0 aromatic heterocycles. The fraction of sp³-hybridized carbons (Fsp3) is 0.350. The largest absolute Gasteiger partial charge is 0.464 e. The first kappa shape index (κ1) is 21.5. The Morgan fingerprint density at radius 2 is 1.70 bits per heavy atom. The highest BCUT2D eigenvalue weighted by Gasteiger charge is 2.28. The molecular weight excluding hydrogens is 382 g/mol. The lowest BCUT2D eigenvalue weighted by Gasteiger charge is -2.18. The number of sulfonamides is 1. The second-order valence-electron chi connectivity index (χ2n) is 6.49. The molecule has 0 amide bonds. The van der Waals surface area contributed by atoms with Crippen molar-refractivity contribution in [3.8, 4) is 0 Å². The SMILES string of the molecule is CSc1ccc(S(=O)(=O)N[C@@H](C(=O)OCCC(C)C)c2ccccc2)cc1. The molecular formula is C20H25NO4S2. The van der Waals surface area contributed by atoms with Crippen LogP contribution in [0.2, 0.25) is 0 Å². The van der Waals surface area contributed by atoms with E-state index in [9.17, 15) is 13.2 Å². The van der Waals surface area contributed by atoms with Gasteiger partial charge in [-0.2, -0.15) is 4.72 Å². The Morgan fingerprint density at radius 1 is 1.07 bits per heavy atom. The number of thioether (sulfide) groups is 1. The van der Waals surface area contributed by atoms with Crippen molar-refractivity contribution in [1.29, 1.82) is 0 Å². The maximum atomic E-state index is 12.8. The third-order valence-electron chi connectivity index (χ3n) is 3.95. The minimum atomic E-state index is -3.88. The van der Waals surface area contributed by atoms with Gasteiger partial charge in [0.15, 0.2) is 0 Å². The molecule has 0 saturated carbocycles. The first-order chi connectivity index (χ1) is 12.8. The molecule has 5 nitrogen and oxygen atoms in total. The first-order valence-corrected chi connectivity index (χ1v) is 11.4. The van der Waals surface area contributed by atoms with Crippen molar-refractivity contribution < 1.29 is 17.9 Å². The summed E-state index contributed by atoms with van der Waals surface area (Å²) >= 11 is 1.53. The molecule has 146 valence electrons. The van der Waals surface area contributed by atoms with E-state index in [1.54, 1.807) is 42.5 Å². The number of carbonyl (C=O) groups is 1. The molecule has 1 N–H and O–H groups in total. The van der Waals surface area contributed by atoms with Crippen LogP contribution in [0.1, 0.15) is 31.9 Å². The lowest BCUT2D eigenvalue weighted by atomic mass is 10.1. The number of benzene rings is 2. The van der Waals surface area contributed by atoms with Gasteiger partial charge in [0.1, 0.15) is 6.04 Å². The Kier molecular flexibility index (Phi) is 7.89. The number of carbonyl (C=O) groups excluding carboxylic acids is 1. The number of esters is 1. The molecule has 0 aliphatic heterocycles. The molecule has 0 fully saturated rings. The van der Waals surface area contributed by atoms with Gasteiger partial charge in [-0.3, -0.25) is 0 Å². The van der Waals surface area contributed by atoms with E-state index in [4.69, 9.17) is 4.74 Å². The molecule has 0 unspecified atom stereocenters. The number of ether oxygens (including phenoxy) is 1. The van der Waals surface area contributed by atoms with Crippen molar-refractivity contribution in [1.82, 2.24) is 4.72 Å². The molecule has 2 aromatic carbocycles. The second kappa shape index (κ2) is 9.92. The molecule has 0 bridgehead atoms. The zero-order valence-electron chi connectivity index (χ0n) is 15.7. The first-order valence-electron chi connectivity index (χ1n) is 8.71. The van der Waals surface area contributed by atoms with E-state index in [1.165, 1.54) is 23.9 Å². The van der Waals surface area contributed by atoms with Crippen molar-refractivity contribution in [2.45, 2.75) is 36.1 Å². The van der Waals surface area contributed by atoms with E-state index in [1.807, 2.05) is 20.1 Å². The van der Waals surface area contributed by atoms with E-state index in [0.717, 1.165) is 11.3 Å². The molecule has 0 aliphatic rings. The van der Waals surface area contributed by atoms with Gasteiger partial charge in [-0.25, -0.2) is 13.2 Å². The summed E-state index contributed by atoms with van der Waals surface area (Å²) in [7, 11) is -3.88. The van der Waals surface area contributed by atoms with Gasteiger partial charge in [0.25, 0.3) is 0 Å². The van der Waals surface area contributed by atoms with Crippen LogP contribution in [0.3, 0.4) is 0 Å². The third kappa shape index (κ3) is 6.37. The lowest BCUT2D eigenvalue weighted by molar-refractivity contribution is -0.146. The Morgan fingerprint density at radius 3 is 2.26 bits per heavy atom. The highest BCUT2D eigenvalue weighted by molar-refractivity contribution is 7.98. The van der Waals surface area contributed by atoms with E-state index in [-0.39, 0.29) is 11.5 Å². The highest BCUT2D eigenvalue weighted by atomic mass is 32.2. The van der Waals surface area contributed by atoms with Gasteiger partial charge in [-0.05, 0) is 48.4 Å². The van der Waals surface area contributed by atoms with Crippen LogP contribution in [0.4, 0.5) is 0 Å². The molecule has 7 heteroatoms. The predicted octanol–water partition coefficient (Wildman–Crippen LogP) is 4.02. The smallest absolute Gasteiger partial charge is 0.328 e. The summed E-state index contributed by atoms with van der Waals surface area (Å²) in [6, 6.07) is 14.2. The van der Waals surface area contributed by atoms with Crippen molar-refractivity contribution in [3.05, 3.63) is 60.2 Å². The minimum Gasteiger partial charge on any atom is -0.464 e. The predicted molar refractivity (Wildman–Crippen MR) is 108 cm³/mol. The molecule has 0 aliphatic carbocycles. The number of hydrogen-bond acceptors (Lipinski definition) is 5. The van der Waals surface area contributed by atoms with Gasteiger partial charge < -0.3 is 4.74 Å². The van der Waals surface area contributed by atoms with Gasteiger partial charge in [0, 0.05) is 4.90 Å².